The summed E-state index contributed by atoms with van der Waals surface area (Å²) in [5.74, 6) is -3.70. The first kappa shape index (κ1) is 21.6. The SMILES string of the molecule is NC(=O)c1ccc(S(=O)(=O)N2CCN(C(=O)[C@H]3CCC[C@H](C(F)(F)F)C3)CC2)o1. The first-order valence-corrected chi connectivity index (χ1v) is 10.7. The molecule has 2 N–H and O–H groups in total. The van der Waals surface area contributed by atoms with Crippen molar-refractivity contribution in [1.29, 1.82) is 0 Å². The van der Waals surface area contributed by atoms with Crippen LogP contribution in [0.15, 0.2) is 21.6 Å². The molecule has 2 aliphatic rings. The molecular weight excluding hydrogens is 415 g/mol. The monoisotopic (exact) mass is 437 g/mol. The van der Waals surface area contributed by atoms with Crippen molar-refractivity contribution >= 4 is 21.8 Å². The highest BCUT2D eigenvalue weighted by molar-refractivity contribution is 7.89. The van der Waals surface area contributed by atoms with Gasteiger partial charge in [-0.25, -0.2) is 8.42 Å². The van der Waals surface area contributed by atoms with E-state index >= 15 is 0 Å². The zero-order valence-corrected chi connectivity index (χ0v) is 16.3. The summed E-state index contributed by atoms with van der Waals surface area (Å²) in [4.78, 5) is 25.2. The van der Waals surface area contributed by atoms with E-state index in [0.717, 1.165) is 16.4 Å². The lowest BCUT2D eigenvalue weighted by Crippen LogP contribution is -2.52. The molecule has 2 fully saturated rings. The quantitative estimate of drug-likeness (QED) is 0.768. The molecule has 1 aromatic rings. The Balaban J connectivity index is 1.61. The maximum Gasteiger partial charge on any atom is 0.391 e. The molecule has 0 bridgehead atoms. The van der Waals surface area contributed by atoms with Crippen molar-refractivity contribution in [2.75, 3.05) is 26.2 Å². The number of sulfonamides is 1. The number of alkyl halides is 3. The topological polar surface area (TPSA) is 114 Å². The number of carbonyl (C=O) groups is 2. The summed E-state index contributed by atoms with van der Waals surface area (Å²) in [6.07, 6.45) is -3.74. The van der Waals surface area contributed by atoms with Gasteiger partial charge in [0.15, 0.2) is 5.76 Å². The second-order valence-corrected chi connectivity index (χ2v) is 9.18. The molecule has 0 unspecified atom stereocenters. The average Bonchev–Trinajstić information content (AvgIpc) is 3.18. The lowest BCUT2D eigenvalue weighted by Gasteiger charge is -2.37. The number of hydrogen-bond donors (Lipinski definition) is 1. The fourth-order valence-corrected chi connectivity index (χ4v) is 5.17. The lowest BCUT2D eigenvalue weighted by atomic mass is 9.80. The standard InChI is InChI=1S/C17H22F3N3O5S/c18-17(19,20)12-3-1-2-11(10-12)16(25)22-6-8-23(9-7-22)29(26,27)14-5-4-13(28-14)15(21)24/h4-5,11-12H,1-3,6-10H2,(H2,21,24)/t11-,12-/m0/s1. The fourth-order valence-electron chi connectivity index (χ4n) is 3.84. The summed E-state index contributed by atoms with van der Waals surface area (Å²) in [6, 6.07) is 2.29. The predicted octanol–water partition coefficient (Wildman–Crippen LogP) is 1.58. The van der Waals surface area contributed by atoms with Crippen molar-refractivity contribution in [3.8, 4) is 0 Å². The molecule has 3 rings (SSSR count). The van der Waals surface area contributed by atoms with Crippen LogP contribution >= 0.6 is 0 Å². The van der Waals surface area contributed by atoms with Crippen LogP contribution in [0, 0.1) is 11.8 Å². The molecule has 1 aliphatic heterocycles. The van der Waals surface area contributed by atoms with E-state index in [2.05, 4.69) is 0 Å². The summed E-state index contributed by atoms with van der Waals surface area (Å²) in [6.45, 7) is 0.120. The molecule has 1 saturated heterocycles. The Labute approximate surface area is 165 Å². The smallest absolute Gasteiger partial charge is 0.391 e. The number of nitrogens with zero attached hydrogens (tertiary/aromatic N) is 2. The molecule has 0 spiro atoms. The van der Waals surface area contributed by atoms with Gasteiger partial charge in [0.2, 0.25) is 11.0 Å². The lowest BCUT2D eigenvalue weighted by molar-refractivity contribution is -0.187. The van der Waals surface area contributed by atoms with Crippen molar-refractivity contribution in [3.63, 3.8) is 0 Å². The third-order valence-corrected chi connectivity index (χ3v) is 7.23. The van der Waals surface area contributed by atoms with Crippen molar-refractivity contribution in [1.82, 2.24) is 9.21 Å². The van der Waals surface area contributed by atoms with Gasteiger partial charge in [0.25, 0.3) is 15.9 Å². The molecule has 2 heterocycles. The summed E-state index contributed by atoms with van der Waals surface area (Å²) >= 11 is 0. The van der Waals surface area contributed by atoms with Gasteiger partial charge < -0.3 is 15.1 Å². The van der Waals surface area contributed by atoms with Crippen molar-refractivity contribution in [3.05, 3.63) is 17.9 Å². The highest BCUT2D eigenvalue weighted by Gasteiger charge is 2.44. The number of amides is 2. The molecule has 1 aliphatic carbocycles. The van der Waals surface area contributed by atoms with Gasteiger partial charge in [-0.3, -0.25) is 9.59 Å². The first-order chi connectivity index (χ1) is 13.5. The molecule has 29 heavy (non-hydrogen) atoms. The number of hydrogen-bond acceptors (Lipinski definition) is 5. The van der Waals surface area contributed by atoms with Crippen LogP contribution in [-0.2, 0) is 14.8 Å². The Morgan fingerprint density at radius 2 is 1.76 bits per heavy atom. The Bertz CT molecular complexity index is 875. The third kappa shape index (κ3) is 4.58. The largest absolute Gasteiger partial charge is 0.438 e. The Morgan fingerprint density at radius 3 is 2.31 bits per heavy atom. The number of nitrogens with two attached hydrogens (primary N) is 1. The predicted molar refractivity (Wildman–Crippen MR) is 94.1 cm³/mol. The van der Waals surface area contributed by atoms with E-state index in [1.807, 2.05) is 0 Å². The highest BCUT2D eigenvalue weighted by Crippen LogP contribution is 2.40. The van der Waals surface area contributed by atoms with Gasteiger partial charge in [-0.2, -0.15) is 17.5 Å². The molecule has 12 heteroatoms. The highest BCUT2D eigenvalue weighted by atomic mass is 32.2. The van der Waals surface area contributed by atoms with Crippen molar-refractivity contribution < 1.29 is 35.6 Å². The summed E-state index contributed by atoms with van der Waals surface area (Å²) in [7, 11) is -4.00. The van der Waals surface area contributed by atoms with E-state index in [0.29, 0.717) is 12.8 Å². The van der Waals surface area contributed by atoms with Gasteiger partial charge in [-0.1, -0.05) is 6.42 Å². The van der Waals surface area contributed by atoms with Crippen LogP contribution in [-0.4, -0.2) is 61.8 Å². The van der Waals surface area contributed by atoms with Crippen LogP contribution < -0.4 is 5.73 Å². The zero-order chi connectivity index (χ0) is 21.4. The van der Waals surface area contributed by atoms with E-state index in [4.69, 9.17) is 10.2 Å². The van der Waals surface area contributed by atoms with E-state index < -0.39 is 39.0 Å². The van der Waals surface area contributed by atoms with Crippen LogP contribution in [0.3, 0.4) is 0 Å². The minimum absolute atomic E-state index is 0.0178. The summed E-state index contributed by atoms with van der Waals surface area (Å²) < 4.78 is 70.2. The van der Waals surface area contributed by atoms with Gasteiger partial charge >= 0.3 is 6.18 Å². The number of primary amides is 1. The Hall–Kier alpha value is -2.08. The van der Waals surface area contributed by atoms with Crippen LogP contribution in [0.25, 0.3) is 0 Å². The number of carbonyl (C=O) groups excluding carboxylic acids is 2. The molecule has 2 atom stereocenters. The fraction of sp³-hybridized carbons (Fsp3) is 0.647. The van der Waals surface area contributed by atoms with E-state index in [-0.39, 0.29) is 50.7 Å². The van der Waals surface area contributed by atoms with Crippen LogP contribution in [0.5, 0.6) is 0 Å². The molecule has 8 nitrogen and oxygen atoms in total. The van der Waals surface area contributed by atoms with Gasteiger partial charge in [0, 0.05) is 32.1 Å². The molecule has 2 amide bonds. The Kier molecular flexibility index (Phi) is 5.95. The number of halogens is 3. The van der Waals surface area contributed by atoms with Gasteiger partial charge in [-0.15, -0.1) is 0 Å². The number of piperazine rings is 1. The summed E-state index contributed by atoms with van der Waals surface area (Å²) in [5.41, 5.74) is 5.05. The van der Waals surface area contributed by atoms with E-state index in [9.17, 15) is 31.2 Å². The molecule has 0 aromatic carbocycles. The maximum absolute atomic E-state index is 13.0. The normalized spacial score (nSPS) is 24.4. The van der Waals surface area contributed by atoms with Crippen LogP contribution in [0.1, 0.15) is 36.2 Å². The second kappa shape index (κ2) is 7.98. The van der Waals surface area contributed by atoms with Gasteiger partial charge in [-0.05, 0) is 31.4 Å². The Morgan fingerprint density at radius 1 is 1.10 bits per heavy atom. The van der Waals surface area contributed by atoms with Crippen molar-refractivity contribution in [2.24, 2.45) is 17.6 Å². The minimum atomic E-state index is -4.31. The third-order valence-electron chi connectivity index (χ3n) is 5.46. The molecule has 0 radical (unpaired) electrons. The van der Waals surface area contributed by atoms with Gasteiger partial charge in [0.1, 0.15) is 0 Å². The second-order valence-electron chi connectivity index (χ2n) is 7.31. The minimum Gasteiger partial charge on any atom is -0.438 e. The zero-order valence-electron chi connectivity index (χ0n) is 15.5. The number of rotatable bonds is 4. The van der Waals surface area contributed by atoms with E-state index in [1.54, 1.807) is 0 Å². The molecular formula is C17H22F3N3O5S. The molecule has 1 saturated carbocycles. The molecule has 1 aromatic heterocycles. The van der Waals surface area contributed by atoms with Crippen LogP contribution in [0.4, 0.5) is 13.2 Å². The van der Waals surface area contributed by atoms with E-state index in [1.165, 1.54) is 4.90 Å². The van der Waals surface area contributed by atoms with Gasteiger partial charge in [0.05, 0.1) is 5.92 Å². The molecule has 162 valence electrons. The van der Waals surface area contributed by atoms with Crippen LogP contribution in [0.2, 0.25) is 0 Å². The summed E-state index contributed by atoms with van der Waals surface area (Å²) in [5, 5.41) is -0.425. The maximum atomic E-state index is 13.0. The number of furan rings is 1. The first-order valence-electron chi connectivity index (χ1n) is 9.25. The van der Waals surface area contributed by atoms with Crippen molar-refractivity contribution in [2.45, 2.75) is 37.0 Å². The average molecular weight is 437 g/mol.